The molecule has 0 aliphatic rings. The van der Waals surface area contributed by atoms with Gasteiger partial charge >= 0.3 is 0 Å². The number of nitrogens with zero attached hydrogens (tertiary/aromatic N) is 2. The van der Waals surface area contributed by atoms with Gasteiger partial charge in [0.2, 0.25) is 0 Å². The highest BCUT2D eigenvalue weighted by molar-refractivity contribution is 8.15. The largest absolute Gasteiger partial charge is 0.410 e. The van der Waals surface area contributed by atoms with Gasteiger partial charge in [-0.15, -0.1) is 11.8 Å². The molecule has 58 valence electrons. The van der Waals surface area contributed by atoms with Gasteiger partial charge in [0.15, 0.2) is 5.04 Å². The van der Waals surface area contributed by atoms with Crippen LogP contribution in [0.5, 0.6) is 0 Å². The topological polar surface area (TPSA) is 54.2 Å². The second-order valence-electron chi connectivity index (χ2n) is 1.47. The normalized spacial score (nSPS) is 13.5. The van der Waals surface area contributed by atoms with Gasteiger partial charge < -0.3 is 10.0 Å². The van der Waals surface area contributed by atoms with Gasteiger partial charge in [0, 0.05) is 0 Å². The van der Waals surface area contributed by atoms with Crippen molar-refractivity contribution in [2.24, 2.45) is 10.3 Å². The highest BCUT2D eigenvalue weighted by Crippen LogP contribution is 1.99. The van der Waals surface area contributed by atoms with E-state index in [1.807, 2.05) is 0 Å². The number of thioether (sulfide) groups is 1. The minimum absolute atomic E-state index is 0.460. The van der Waals surface area contributed by atoms with Crippen molar-refractivity contribution in [3.05, 3.63) is 0 Å². The predicted octanol–water partition coefficient (Wildman–Crippen LogP) is 1.16. The van der Waals surface area contributed by atoms with Crippen molar-refractivity contribution in [3.8, 4) is 0 Å². The predicted molar refractivity (Wildman–Crippen MR) is 42.9 cm³/mol. The van der Waals surface area contributed by atoms with Crippen LogP contribution in [0.2, 0.25) is 0 Å². The van der Waals surface area contributed by atoms with Crippen molar-refractivity contribution >= 4 is 22.5 Å². The number of rotatable bonds is 2. The van der Waals surface area contributed by atoms with Gasteiger partial charge in [0.1, 0.15) is 12.8 Å². The molecule has 5 heteroatoms. The van der Waals surface area contributed by atoms with Crippen molar-refractivity contribution < 1.29 is 10.0 Å². The number of oxime groups is 2. The van der Waals surface area contributed by atoms with E-state index in [2.05, 4.69) is 15.1 Å². The molecule has 0 atom stereocenters. The molecule has 0 saturated heterocycles. The summed E-state index contributed by atoms with van der Waals surface area (Å²) in [7, 11) is 1.44. The molecule has 0 aromatic heterocycles. The molecule has 4 nitrogen and oxygen atoms in total. The van der Waals surface area contributed by atoms with Crippen LogP contribution in [0.15, 0.2) is 10.3 Å². The highest BCUT2D eigenvalue weighted by atomic mass is 32.2. The summed E-state index contributed by atoms with van der Waals surface area (Å²) >= 11 is 1.31. The van der Waals surface area contributed by atoms with E-state index >= 15 is 0 Å². The SMILES string of the molecule is CO/N=C(C)/C(=N/O)SC. The van der Waals surface area contributed by atoms with E-state index in [1.54, 1.807) is 13.2 Å². The maximum Gasteiger partial charge on any atom is 0.160 e. The van der Waals surface area contributed by atoms with Gasteiger partial charge in [-0.2, -0.15) is 0 Å². The first-order valence-electron chi connectivity index (χ1n) is 2.60. The van der Waals surface area contributed by atoms with Crippen LogP contribution in [0.3, 0.4) is 0 Å². The molecule has 10 heavy (non-hydrogen) atoms. The zero-order chi connectivity index (χ0) is 7.98. The molecule has 1 N–H and O–H groups in total. The van der Waals surface area contributed by atoms with E-state index in [9.17, 15) is 0 Å². The average Bonchev–Trinajstić information content (AvgIpc) is 1.91. The summed E-state index contributed by atoms with van der Waals surface area (Å²) in [6, 6.07) is 0. The van der Waals surface area contributed by atoms with Gasteiger partial charge in [-0.3, -0.25) is 0 Å². The van der Waals surface area contributed by atoms with Crippen LogP contribution in [-0.2, 0) is 4.84 Å². The minimum atomic E-state index is 0.460. The summed E-state index contributed by atoms with van der Waals surface area (Å²) in [5, 5.41) is 15.4. The summed E-state index contributed by atoms with van der Waals surface area (Å²) in [4.78, 5) is 4.47. The van der Waals surface area contributed by atoms with Gasteiger partial charge in [-0.1, -0.05) is 10.3 Å². The first-order chi connectivity index (χ1) is 4.76. The van der Waals surface area contributed by atoms with Gasteiger partial charge in [0.05, 0.1) is 0 Å². The summed E-state index contributed by atoms with van der Waals surface area (Å²) in [5.74, 6) is 0. The van der Waals surface area contributed by atoms with Crippen LogP contribution in [0.1, 0.15) is 6.92 Å². The molecular formula is C5H10N2O2S. The van der Waals surface area contributed by atoms with E-state index < -0.39 is 0 Å². The molecule has 0 rings (SSSR count). The second kappa shape index (κ2) is 5.10. The number of hydrogen-bond acceptors (Lipinski definition) is 5. The maximum absolute atomic E-state index is 8.35. The Hall–Kier alpha value is -0.710. The first-order valence-corrected chi connectivity index (χ1v) is 3.83. The summed E-state index contributed by atoms with van der Waals surface area (Å²) in [6.45, 7) is 1.70. The van der Waals surface area contributed by atoms with Crippen molar-refractivity contribution in [2.75, 3.05) is 13.4 Å². The Bertz CT molecular complexity index is 156. The lowest BCUT2D eigenvalue weighted by molar-refractivity contribution is 0.214. The monoisotopic (exact) mass is 162 g/mol. The molecule has 0 heterocycles. The molecule has 0 unspecified atom stereocenters. The molecule has 0 aromatic rings. The smallest absolute Gasteiger partial charge is 0.160 e. The third-order valence-electron chi connectivity index (χ3n) is 0.822. The Morgan fingerprint density at radius 2 is 2.20 bits per heavy atom. The van der Waals surface area contributed by atoms with Crippen LogP contribution < -0.4 is 0 Å². The van der Waals surface area contributed by atoms with E-state index in [0.717, 1.165) is 0 Å². The van der Waals surface area contributed by atoms with Crippen molar-refractivity contribution in [1.29, 1.82) is 0 Å². The Kier molecular flexibility index (Phi) is 4.74. The first kappa shape index (κ1) is 9.29. The quantitative estimate of drug-likeness (QED) is 0.287. The van der Waals surface area contributed by atoms with Gasteiger partial charge in [0.25, 0.3) is 0 Å². The van der Waals surface area contributed by atoms with Crippen molar-refractivity contribution in [3.63, 3.8) is 0 Å². The van der Waals surface area contributed by atoms with E-state index in [-0.39, 0.29) is 0 Å². The zero-order valence-electron chi connectivity index (χ0n) is 6.16. The maximum atomic E-state index is 8.35. The molecule has 0 aliphatic heterocycles. The van der Waals surface area contributed by atoms with E-state index in [4.69, 9.17) is 5.21 Å². The summed E-state index contributed by atoms with van der Waals surface area (Å²) in [6.07, 6.45) is 1.80. The molecule has 0 amide bonds. The molecule has 0 spiro atoms. The zero-order valence-corrected chi connectivity index (χ0v) is 6.97. The fourth-order valence-corrected chi connectivity index (χ4v) is 0.851. The van der Waals surface area contributed by atoms with Crippen molar-refractivity contribution in [1.82, 2.24) is 0 Å². The van der Waals surface area contributed by atoms with Crippen LogP contribution in [0.25, 0.3) is 0 Å². The lowest BCUT2D eigenvalue weighted by Gasteiger charge is -1.96. The Balaban J connectivity index is 4.16. The Morgan fingerprint density at radius 1 is 1.60 bits per heavy atom. The third-order valence-corrected chi connectivity index (χ3v) is 1.59. The van der Waals surface area contributed by atoms with Crippen LogP contribution in [0.4, 0.5) is 0 Å². The minimum Gasteiger partial charge on any atom is -0.410 e. The van der Waals surface area contributed by atoms with Gasteiger partial charge in [-0.05, 0) is 13.2 Å². The fourth-order valence-electron chi connectivity index (χ4n) is 0.437. The Morgan fingerprint density at radius 3 is 2.50 bits per heavy atom. The van der Waals surface area contributed by atoms with E-state index in [1.165, 1.54) is 18.9 Å². The third kappa shape index (κ3) is 2.72. The summed E-state index contributed by atoms with van der Waals surface area (Å²) in [5.41, 5.74) is 0.567. The van der Waals surface area contributed by atoms with Crippen LogP contribution >= 0.6 is 11.8 Å². The van der Waals surface area contributed by atoms with E-state index in [0.29, 0.717) is 10.8 Å². The standard InChI is InChI=1S/C5H10N2O2S/c1-4(7-9-2)5(6-8)10-3/h8H,1-3H3/b6-5-,7-4+. The highest BCUT2D eigenvalue weighted by Gasteiger charge is 2.01. The number of hydrogen-bond donors (Lipinski definition) is 1. The molecule has 0 saturated carbocycles. The molecule has 0 radical (unpaired) electrons. The average molecular weight is 162 g/mol. The van der Waals surface area contributed by atoms with Crippen LogP contribution in [-0.4, -0.2) is 29.3 Å². The molecule has 0 bridgehead atoms. The van der Waals surface area contributed by atoms with Crippen molar-refractivity contribution in [2.45, 2.75) is 6.92 Å². The molecular weight excluding hydrogens is 152 g/mol. The van der Waals surface area contributed by atoms with Crippen LogP contribution in [0, 0.1) is 0 Å². The summed E-state index contributed by atoms with van der Waals surface area (Å²) < 4.78 is 0. The lowest BCUT2D eigenvalue weighted by Crippen LogP contribution is -2.05. The molecule has 0 aromatic carbocycles. The van der Waals surface area contributed by atoms with Gasteiger partial charge in [-0.25, -0.2) is 0 Å². The lowest BCUT2D eigenvalue weighted by atomic mass is 10.5. The fraction of sp³-hybridized carbons (Fsp3) is 0.600. The molecule has 0 fully saturated rings. The molecule has 0 aliphatic carbocycles. The Labute approximate surface area is 63.9 Å². The second-order valence-corrected chi connectivity index (χ2v) is 2.26.